The first-order chi connectivity index (χ1) is 18.6. The van der Waals surface area contributed by atoms with Crippen LogP contribution in [0.3, 0.4) is 0 Å². The van der Waals surface area contributed by atoms with Crippen LogP contribution in [0, 0.1) is 0 Å². The highest BCUT2D eigenvalue weighted by Crippen LogP contribution is 2.26. The number of aliphatic hydroxyl groups is 1. The number of rotatable bonds is 12. The molecule has 0 unspecified atom stereocenters. The second-order valence-electron chi connectivity index (χ2n) is 9.33. The number of amides is 2. The summed E-state index contributed by atoms with van der Waals surface area (Å²) in [5, 5.41) is 15.6. The third-order valence-electron chi connectivity index (χ3n) is 6.13. The van der Waals surface area contributed by atoms with Crippen molar-refractivity contribution in [2.75, 3.05) is 24.6 Å². The van der Waals surface area contributed by atoms with Crippen LogP contribution >= 0.6 is 0 Å². The molecular weight excluding hydrogens is 584 g/mol. The summed E-state index contributed by atoms with van der Waals surface area (Å²) >= 11 is 0. The summed E-state index contributed by atoms with van der Waals surface area (Å²) in [5.41, 5.74) is 1.30. The first kappa shape index (κ1) is 31.6. The molecule has 1 aliphatic heterocycles. The number of nitrogens with one attached hydrogen (secondary N) is 3. The van der Waals surface area contributed by atoms with Crippen LogP contribution < -0.4 is 15.4 Å². The first-order valence-corrected chi connectivity index (χ1v) is 16.9. The Labute approximate surface area is 234 Å². The molecule has 0 saturated carbocycles. The van der Waals surface area contributed by atoms with Gasteiger partial charge in [0.25, 0.3) is 0 Å². The van der Waals surface area contributed by atoms with E-state index >= 15 is 0 Å². The van der Waals surface area contributed by atoms with Crippen LogP contribution in [0.1, 0.15) is 25.0 Å². The molecule has 2 amide bonds. The van der Waals surface area contributed by atoms with Crippen LogP contribution in [-0.4, -0.2) is 83.2 Å². The lowest BCUT2D eigenvalue weighted by Gasteiger charge is -2.29. The molecule has 220 valence electrons. The quantitative estimate of drug-likeness (QED) is 0.233. The van der Waals surface area contributed by atoms with Gasteiger partial charge < -0.3 is 15.7 Å². The van der Waals surface area contributed by atoms with E-state index in [9.17, 15) is 39.9 Å². The normalized spacial score (nSPS) is 18.9. The number of carbonyl (C=O) groups is 2. The summed E-state index contributed by atoms with van der Waals surface area (Å²) in [4.78, 5) is 21.9. The zero-order chi connectivity index (χ0) is 29.7. The zero-order valence-corrected chi connectivity index (χ0v) is 24.4. The lowest BCUT2D eigenvalue weighted by molar-refractivity contribution is -0.120. The third kappa shape index (κ3) is 8.31. The number of carbonyl (C=O) groups excluding carboxylic acids is 2. The average molecular weight is 617 g/mol. The van der Waals surface area contributed by atoms with E-state index in [0.29, 0.717) is 11.1 Å². The molecule has 0 spiro atoms. The first-order valence-electron chi connectivity index (χ1n) is 12.2. The van der Waals surface area contributed by atoms with Gasteiger partial charge in [0.1, 0.15) is 0 Å². The summed E-state index contributed by atoms with van der Waals surface area (Å²) in [7, 11) is -12.2. The van der Waals surface area contributed by atoms with Crippen LogP contribution in [0.15, 0.2) is 58.3 Å². The molecule has 1 fully saturated rings. The molecule has 2 aromatic carbocycles. The Hall–Kier alpha value is -2.89. The molecule has 0 aromatic heterocycles. The minimum atomic E-state index is -4.36. The minimum absolute atomic E-state index is 0.0910. The highest BCUT2D eigenvalue weighted by atomic mass is 32.2. The summed E-state index contributed by atoms with van der Waals surface area (Å²) in [6, 6.07) is 9.97. The molecule has 2 atom stereocenters. The molecule has 2 aromatic rings. The molecule has 40 heavy (non-hydrogen) atoms. The van der Waals surface area contributed by atoms with Crippen molar-refractivity contribution in [2.24, 2.45) is 0 Å². The number of nitrogens with zero attached hydrogens (tertiary/aromatic N) is 1. The number of aliphatic hydroxyl groups excluding tert-OH is 1. The standard InChI is InChI=1S/C24H32N4O9S3/c1-17(29)25-13-19-3-7-21(8-4-19)39(34,35)27-11-12-28(23-15-38(32,33)16-24(23)31)40(36,37)22-9-5-20(6-10-22)14-26-18(2)30/h3-10,23-24,27,31H,11-16H2,1-2H3,(H,25,29)(H,26,30)/t23-,24+/m0/s1. The van der Waals surface area contributed by atoms with Gasteiger partial charge in [-0.2, -0.15) is 4.31 Å². The second kappa shape index (κ2) is 12.7. The van der Waals surface area contributed by atoms with Gasteiger partial charge in [0.2, 0.25) is 31.9 Å². The summed E-state index contributed by atoms with van der Waals surface area (Å²) in [6.07, 6.45) is -1.49. The predicted molar refractivity (Wildman–Crippen MR) is 145 cm³/mol. The van der Waals surface area contributed by atoms with Crippen LogP contribution in [0.5, 0.6) is 0 Å². The van der Waals surface area contributed by atoms with Gasteiger partial charge in [-0.25, -0.2) is 30.0 Å². The maximum absolute atomic E-state index is 13.6. The van der Waals surface area contributed by atoms with Gasteiger partial charge in [0.05, 0.1) is 33.4 Å². The topological polar surface area (TPSA) is 196 Å². The lowest BCUT2D eigenvalue weighted by Crippen LogP contribution is -2.49. The van der Waals surface area contributed by atoms with Crippen molar-refractivity contribution >= 4 is 41.7 Å². The number of benzene rings is 2. The Morgan fingerprint density at radius 1 is 0.850 bits per heavy atom. The van der Waals surface area contributed by atoms with Crippen LogP contribution in [-0.2, 0) is 52.6 Å². The van der Waals surface area contributed by atoms with Crippen molar-refractivity contribution in [3.05, 3.63) is 59.7 Å². The van der Waals surface area contributed by atoms with Crippen molar-refractivity contribution in [3.8, 4) is 0 Å². The van der Waals surface area contributed by atoms with Gasteiger partial charge in [-0.05, 0) is 35.4 Å². The van der Waals surface area contributed by atoms with Gasteiger partial charge in [0.15, 0.2) is 9.84 Å². The fraction of sp³-hybridized carbons (Fsp3) is 0.417. The monoisotopic (exact) mass is 616 g/mol. The molecular formula is C24H32N4O9S3. The van der Waals surface area contributed by atoms with Crippen molar-refractivity contribution in [1.82, 2.24) is 19.7 Å². The van der Waals surface area contributed by atoms with Crippen molar-refractivity contribution < 1.29 is 39.9 Å². The molecule has 0 radical (unpaired) electrons. The predicted octanol–water partition coefficient (Wildman–Crippen LogP) is -0.914. The largest absolute Gasteiger partial charge is 0.390 e. The Balaban J connectivity index is 1.79. The van der Waals surface area contributed by atoms with Crippen molar-refractivity contribution in [2.45, 2.75) is 48.9 Å². The van der Waals surface area contributed by atoms with E-state index < -0.39 is 66.6 Å². The molecule has 0 bridgehead atoms. The van der Waals surface area contributed by atoms with Crippen LogP contribution in [0.4, 0.5) is 0 Å². The van der Waals surface area contributed by atoms with E-state index in [4.69, 9.17) is 0 Å². The van der Waals surface area contributed by atoms with E-state index in [-0.39, 0.29) is 34.7 Å². The number of hydrogen-bond donors (Lipinski definition) is 4. The zero-order valence-electron chi connectivity index (χ0n) is 21.9. The highest BCUT2D eigenvalue weighted by molar-refractivity contribution is 7.92. The van der Waals surface area contributed by atoms with Gasteiger partial charge in [-0.3, -0.25) is 9.59 Å². The van der Waals surface area contributed by atoms with Gasteiger partial charge in [-0.1, -0.05) is 24.3 Å². The van der Waals surface area contributed by atoms with E-state index in [2.05, 4.69) is 15.4 Å². The second-order valence-corrected chi connectivity index (χ2v) is 15.1. The highest BCUT2D eigenvalue weighted by Gasteiger charge is 2.44. The Kier molecular flexibility index (Phi) is 10.1. The van der Waals surface area contributed by atoms with Crippen molar-refractivity contribution in [1.29, 1.82) is 0 Å². The van der Waals surface area contributed by atoms with E-state index in [1.807, 2.05) is 0 Å². The lowest BCUT2D eigenvalue weighted by atomic mass is 10.2. The summed E-state index contributed by atoms with van der Waals surface area (Å²) in [6.45, 7) is 2.24. The molecule has 16 heteroatoms. The average Bonchev–Trinajstić information content (AvgIpc) is 3.15. The maximum atomic E-state index is 13.6. The maximum Gasteiger partial charge on any atom is 0.243 e. The summed E-state index contributed by atoms with van der Waals surface area (Å²) < 4.78 is 80.3. The molecule has 13 nitrogen and oxygen atoms in total. The van der Waals surface area contributed by atoms with Crippen LogP contribution in [0.2, 0.25) is 0 Å². The van der Waals surface area contributed by atoms with E-state index in [0.717, 1.165) is 4.31 Å². The summed E-state index contributed by atoms with van der Waals surface area (Å²) in [5.74, 6) is -1.73. The minimum Gasteiger partial charge on any atom is -0.390 e. The fourth-order valence-electron chi connectivity index (χ4n) is 4.08. The fourth-order valence-corrected chi connectivity index (χ4v) is 8.65. The van der Waals surface area contributed by atoms with E-state index in [1.165, 1.54) is 62.4 Å². The molecule has 1 aliphatic rings. The Morgan fingerprint density at radius 3 is 1.75 bits per heavy atom. The Morgan fingerprint density at radius 2 is 1.32 bits per heavy atom. The van der Waals surface area contributed by atoms with Crippen LogP contribution in [0.25, 0.3) is 0 Å². The molecule has 0 aliphatic carbocycles. The SMILES string of the molecule is CC(=O)NCc1ccc(S(=O)(=O)NCCN([C@H]2CS(=O)(=O)C[C@H]2O)S(=O)(=O)c2ccc(CNC(C)=O)cc2)cc1. The van der Waals surface area contributed by atoms with Gasteiger partial charge >= 0.3 is 0 Å². The Bertz CT molecular complexity index is 1540. The molecule has 1 saturated heterocycles. The number of sulfone groups is 1. The number of sulfonamides is 2. The molecule has 3 rings (SSSR count). The molecule has 1 heterocycles. The smallest absolute Gasteiger partial charge is 0.243 e. The molecule has 4 N–H and O–H groups in total. The van der Waals surface area contributed by atoms with Gasteiger partial charge in [0, 0.05) is 40.0 Å². The number of hydrogen-bond acceptors (Lipinski definition) is 9. The van der Waals surface area contributed by atoms with E-state index in [1.54, 1.807) is 0 Å². The third-order valence-corrected chi connectivity index (χ3v) is 11.2. The van der Waals surface area contributed by atoms with Gasteiger partial charge in [-0.15, -0.1) is 0 Å². The van der Waals surface area contributed by atoms with Crippen molar-refractivity contribution in [3.63, 3.8) is 0 Å².